The number of alkyl halides is 2. The fourth-order valence-electron chi connectivity index (χ4n) is 3.73. The monoisotopic (exact) mass is 450 g/mol. The summed E-state index contributed by atoms with van der Waals surface area (Å²) in [5.41, 5.74) is 1.36. The summed E-state index contributed by atoms with van der Waals surface area (Å²) < 4.78 is 40.6. The molecule has 0 radical (unpaired) electrons. The highest BCUT2D eigenvalue weighted by Crippen LogP contribution is 2.39. The van der Waals surface area contributed by atoms with E-state index >= 15 is 0 Å². The van der Waals surface area contributed by atoms with Gasteiger partial charge in [-0.3, -0.25) is 4.79 Å². The number of hydrogen-bond acceptors (Lipinski definition) is 5. The number of aromatic nitrogens is 3. The Morgan fingerprint density at radius 3 is 2.65 bits per heavy atom. The molecule has 0 bridgehead atoms. The van der Waals surface area contributed by atoms with Gasteiger partial charge in [0.05, 0.1) is 17.8 Å². The largest absolute Gasteiger partial charge is 0.439 e. The third-order valence-electron chi connectivity index (χ3n) is 5.19. The van der Waals surface area contributed by atoms with Gasteiger partial charge in [0.1, 0.15) is 22.8 Å². The van der Waals surface area contributed by atoms with Gasteiger partial charge in [0.25, 0.3) is 11.8 Å². The van der Waals surface area contributed by atoms with E-state index in [2.05, 4.69) is 10.3 Å². The van der Waals surface area contributed by atoms with Crippen molar-refractivity contribution in [1.29, 1.82) is 0 Å². The number of ether oxygens (including phenoxy) is 1. The predicted molar refractivity (Wildman–Crippen MR) is 110 cm³/mol. The molecule has 1 saturated heterocycles. The van der Waals surface area contributed by atoms with Crippen LogP contribution in [0.3, 0.4) is 0 Å². The molecule has 1 aliphatic heterocycles. The van der Waals surface area contributed by atoms with Crippen molar-refractivity contribution in [2.24, 2.45) is 7.05 Å². The lowest BCUT2D eigenvalue weighted by molar-refractivity contribution is -0.0560. The molecule has 1 aliphatic rings. The van der Waals surface area contributed by atoms with Gasteiger partial charge >= 0.3 is 0 Å². The molecule has 3 aromatic rings. The third-order valence-corrected chi connectivity index (χ3v) is 5.44. The van der Waals surface area contributed by atoms with Crippen LogP contribution in [-0.4, -0.2) is 44.8 Å². The molecule has 3 heterocycles. The molecule has 164 valence electrons. The van der Waals surface area contributed by atoms with Crippen LogP contribution in [0.4, 0.5) is 8.78 Å². The Bertz CT molecular complexity index is 1120. The maximum absolute atomic E-state index is 13.9. The topological polar surface area (TPSA) is 73.4 Å². The molecule has 0 N–H and O–H groups in total. The maximum Gasteiger partial charge on any atom is 0.265 e. The van der Waals surface area contributed by atoms with E-state index in [1.165, 1.54) is 4.68 Å². The van der Waals surface area contributed by atoms with Gasteiger partial charge < -0.3 is 14.2 Å². The molecular weight excluding hydrogens is 430 g/mol. The van der Waals surface area contributed by atoms with E-state index in [0.29, 0.717) is 27.9 Å². The van der Waals surface area contributed by atoms with E-state index in [0.717, 1.165) is 4.90 Å². The molecule has 0 unspecified atom stereocenters. The highest BCUT2D eigenvalue weighted by atomic mass is 35.5. The predicted octanol–water partition coefficient (Wildman–Crippen LogP) is 5.01. The second-order valence-electron chi connectivity index (χ2n) is 7.59. The van der Waals surface area contributed by atoms with Gasteiger partial charge in [-0.25, -0.2) is 13.5 Å². The van der Waals surface area contributed by atoms with E-state index in [-0.39, 0.29) is 36.4 Å². The van der Waals surface area contributed by atoms with E-state index in [1.54, 1.807) is 45.2 Å². The number of hydrogen-bond donors (Lipinski definition) is 0. The highest BCUT2D eigenvalue weighted by Gasteiger charge is 2.39. The van der Waals surface area contributed by atoms with Crippen molar-refractivity contribution < 1.29 is 22.8 Å². The van der Waals surface area contributed by atoms with Gasteiger partial charge in [-0.15, -0.1) is 0 Å². The molecular formula is C21H21ClF2N4O3. The summed E-state index contributed by atoms with van der Waals surface area (Å²) in [6.07, 6.45) is 0.00228. The lowest BCUT2D eigenvalue weighted by Gasteiger charge is -2.32. The van der Waals surface area contributed by atoms with Crippen LogP contribution in [0.5, 0.6) is 11.6 Å². The van der Waals surface area contributed by atoms with Crippen LogP contribution in [0, 0.1) is 13.8 Å². The summed E-state index contributed by atoms with van der Waals surface area (Å²) in [6, 6.07) is 6.77. The molecule has 2 aromatic heterocycles. The molecule has 10 heteroatoms. The Balaban J connectivity index is 1.75. The summed E-state index contributed by atoms with van der Waals surface area (Å²) in [7, 11) is 1.70. The van der Waals surface area contributed by atoms with Gasteiger partial charge in [-0.05, 0) is 44.5 Å². The number of rotatable bonds is 4. The Morgan fingerprint density at radius 1 is 1.26 bits per heavy atom. The zero-order valence-electron chi connectivity index (χ0n) is 17.3. The SMILES string of the molecule is Cc1nn(C)c(Oc2ccc(Cl)cc2)c1-c1noc(C)c1C(=O)N1CCCC(F)(F)C1. The molecule has 0 spiro atoms. The first kappa shape index (κ1) is 21.3. The molecule has 7 nitrogen and oxygen atoms in total. The number of halogens is 3. The lowest BCUT2D eigenvalue weighted by atomic mass is 10.0. The van der Waals surface area contributed by atoms with E-state index in [4.69, 9.17) is 20.9 Å². The Morgan fingerprint density at radius 2 is 1.97 bits per heavy atom. The molecule has 1 fully saturated rings. The van der Waals surface area contributed by atoms with Crippen LogP contribution in [0.25, 0.3) is 11.3 Å². The molecule has 1 amide bonds. The van der Waals surface area contributed by atoms with Gasteiger partial charge in [0.15, 0.2) is 0 Å². The van der Waals surface area contributed by atoms with Crippen molar-refractivity contribution in [2.75, 3.05) is 13.1 Å². The van der Waals surface area contributed by atoms with Gasteiger partial charge in [0, 0.05) is 25.0 Å². The van der Waals surface area contributed by atoms with Crippen LogP contribution in [0.2, 0.25) is 5.02 Å². The van der Waals surface area contributed by atoms with Crippen molar-refractivity contribution >= 4 is 17.5 Å². The van der Waals surface area contributed by atoms with Gasteiger partial charge in [-0.1, -0.05) is 16.8 Å². The van der Waals surface area contributed by atoms with E-state index in [9.17, 15) is 13.6 Å². The van der Waals surface area contributed by atoms with Gasteiger partial charge in [0.2, 0.25) is 5.88 Å². The van der Waals surface area contributed by atoms with E-state index < -0.39 is 18.4 Å². The summed E-state index contributed by atoms with van der Waals surface area (Å²) in [5, 5.41) is 9.01. The van der Waals surface area contributed by atoms with Crippen LogP contribution in [0.1, 0.15) is 34.7 Å². The average molecular weight is 451 g/mol. The fourth-order valence-corrected chi connectivity index (χ4v) is 3.86. The Labute approximate surface area is 182 Å². The van der Waals surface area contributed by atoms with Gasteiger partial charge in [-0.2, -0.15) is 5.10 Å². The van der Waals surface area contributed by atoms with Crippen molar-refractivity contribution in [3.8, 4) is 22.9 Å². The first-order chi connectivity index (χ1) is 14.7. The minimum atomic E-state index is -2.91. The average Bonchev–Trinajstić information content (AvgIpc) is 3.21. The zero-order valence-corrected chi connectivity index (χ0v) is 18.0. The zero-order chi connectivity index (χ0) is 22.3. The molecule has 0 saturated carbocycles. The van der Waals surface area contributed by atoms with Crippen LogP contribution >= 0.6 is 11.6 Å². The number of likely N-dealkylation sites (tertiary alicyclic amines) is 1. The summed E-state index contributed by atoms with van der Waals surface area (Å²) in [5.74, 6) is -2.36. The Kier molecular flexibility index (Phi) is 5.47. The second kappa shape index (κ2) is 7.96. The minimum absolute atomic E-state index is 0.134. The number of amides is 1. The first-order valence-electron chi connectivity index (χ1n) is 9.77. The first-order valence-corrected chi connectivity index (χ1v) is 10.1. The van der Waals surface area contributed by atoms with E-state index in [1.807, 2.05) is 0 Å². The number of nitrogens with zero attached hydrogens (tertiary/aromatic N) is 4. The number of carbonyl (C=O) groups excluding carboxylic acids is 1. The molecule has 31 heavy (non-hydrogen) atoms. The number of benzene rings is 1. The lowest BCUT2D eigenvalue weighted by Crippen LogP contribution is -2.45. The number of carbonyl (C=O) groups is 1. The van der Waals surface area contributed by atoms with Crippen molar-refractivity contribution in [2.45, 2.75) is 32.6 Å². The molecule has 0 atom stereocenters. The fraction of sp³-hybridized carbons (Fsp3) is 0.381. The second-order valence-corrected chi connectivity index (χ2v) is 8.03. The summed E-state index contributed by atoms with van der Waals surface area (Å²) in [4.78, 5) is 14.3. The smallest absolute Gasteiger partial charge is 0.265 e. The standard InChI is InChI=1S/C21H21ClF2N4O3/c1-12-16(20(27(3)25-12)30-15-7-5-14(22)6-8-15)18-17(13(2)31-26-18)19(29)28-10-4-9-21(23,24)11-28/h5-8H,4,9-11H2,1-3H3. The highest BCUT2D eigenvalue weighted by molar-refractivity contribution is 6.30. The van der Waals surface area contributed by atoms with Crippen molar-refractivity contribution in [1.82, 2.24) is 19.8 Å². The summed E-state index contributed by atoms with van der Waals surface area (Å²) in [6.45, 7) is 2.95. The maximum atomic E-state index is 13.9. The third kappa shape index (κ3) is 4.14. The summed E-state index contributed by atoms with van der Waals surface area (Å²) >= 11 is 5.94. The Hall–Kier alpha value is -2.94. The van der Waals surface area contributed by atoms with Crippen molar-refractivity contribution in [3.63, 3.8) is 0 Å². The van der Waals surface area contributed by atoms with Crippen LogP contribution < -0.4 is 4.74 Å². The quantitative estimate of drug-likeness (QED) is 0.558. The van der Waals surface area contributed by atoms with Crippen LogP contribution in [0.15, 0.2) is 28.8 Å². The molecule has 0 aliphatic carbocycles. The minimum Gasteiger partial charge on any atom is -0.439 e. The molecule has 1 aromatic carbocycles. The molecule has 4 rings (SSSR count). The normalized spacial score (nSPS) is 15.9. The number of piperidine rings is 1. The van der Waals surface area contributed by atoms with Crippen molar-refractivity contribution in [3.05, 3.63) is 46.3 Å². The number of aryl methyl sites for hydroxylation is 3. The van der Waals surface area contributed by atoms with Crippen LogP contribution in [-0.2, 0) is 7.05 Å².